The summed E-state index contributed by atoms with van der Waals surface area (Å²) in [5.74, 6) is -0.323. The van der Waals surface area contributed by atoms with E-state index in [-0.39, 0.29) is 18.9 Å². The predicted molar refractivity (Wildman–Crippen MR) is 222 cm³/mol. The fourth-order valence-corrected chi connectivity index (χ4v) is 6.72. The number of carbonyl (C=O) groups is 1. The van der Waals surface area contributed by atoms with E-state index in [1.807, 2.05) is 6.08 Å². The minimum absolute atomic E-state index is 0.00429. The molecule has 0 heterocycles. The third kappa shape index (κ3) is 38.1. The normalized spacial score (nSPS) is 13.9. The van der Waals surface area contributed by atoms with Gasteiger partial charge in [-0.3, -0.25) is 4.79 Å². The van der Waals surface area contributed by atoms with Crippen molar-refractivity contribution in [2.24, 2.45) is 0 Å². The second-order valence-corrected chi connectivity index (χ2v) is 15.3. The molecule has 3 atom stereocenters. The summed E-state index contributed by atoms with van der Waals surface area (Å²) in [4.78, 5) is 12.4. The zero-order valence-electron chi connectivity index (χ0n) is 34.0. The van der Waals surface area contributed by atoms with E-state index in [1.54, 1.807) is 6.08 Å². The molecule has 4 N–H and O–H groups in total. The van der Waals surface area contributed by atoms with Crippen LogP contribution in [0.15, 0.2) is 36.5 Å². The molecular weight excluding hydrogens is 631 g/mol. The zero-order chi connectivity index (χ0) is 37.3. The number of hydrogen-bond donors (Lipinski definition) is 4. The minimum Gasteiger partial charge on any atom is -0.394 e. The highest BCUT2D eigenvalue weighted by Gasteiger charge is 2.20. The van der Waals surface area contributed by atoms with Crippen LogP contribution in [0.1, 0.15) is 226 Å². The predicted octanol–water partition coefficient (Wildman–Crippen LogP) is 12.8. The van der Waals surface area contributed by atoms with Gasteiger partial charge in [-0.15, -0.1) is 0 Å². The van der Waals surface area contributed by atoms with Crippen LogP contribution in [0, 0.1) is 0 Å². The summed E-state index contributed by atoms with van der Waals surface area (Å²) in [6.45, 7) is 4.21. The Morgan fingerprint density at radius 2 is 0.882 bits per heavy atom. The van der Waals surface area contributed by atoms with Crippen molar-refractivity contribution in [2.45, 2.75) is 244 Å². The van der Waals surface area contributed by atoms with Crippen molar-refractivity contribution < 1.29 is 20.1 Å². The second-order valence-electron chi connectivity index (χ2n) is 15.3. The zero-order valence-corrected chi connectivity index (χ0v) is 34.0. The van der Waals surface area contributed by atoms with Crippen molar-refractivity contribution >= 4 is 5.91 Å². The highest BCUT2D eigenvalue weighted by atomic mass is 16.3. The number of rotatable bonds is 40. The van der Waals surface area contributed by atoms with Crippen LogP contribution in [-0.2, 0) is 4.79 Å². The first-order chi connectivity index (χ1) is 25.0. The second kappa shape index (κ2) is 41.3. The fraction of sp³-hybridized carbons (Fsp3) is 0.848. The highest BCUT2D eigenvalue weighted by molar-refractivity contribution is 5.76. The van der Waals surface area contributed by atoms with Crippen LogP contribution in [-0.4, -0.2) is 46.1 Å². The summed E-state index contributed by atoms with van der Waals surface area (Å²) >= 11 is 0. The van der Waals surface area contributed by atoms with Crippen LogP contribution < -0.4 is 5.32 Å². The molecule has 0 aromatic heterocycles. The summed E-state index contributed by atoms with van der Waals surface area (Å²) in [5, 5.41) is 33.2. The van der Waals surface area contributed by atoms with Gasteiger partial charge in [-0.05, 0) is 51.4 Å². The number of nitrogens with one attached hydrogen (secondary N) is 1. The van der Waals surface area contributed by atoms with E-state index in [9.17, 15) is 20.1 Å². The summed E-state index contributed by atoms with van der Waals surface area (Å²) in [7, 11) is 0. The number of aliphatic hydroxyl groups excluding tert-OH is 3. The van der Waals surface area contributed by atoms with Crippen molar-refractivity contribution in [3.05, 3.63) is 36.5 Å². The lowest BCUT2D eigenvalue weighted by atomic mass is 10.0. The summed E-state index contributed by atoms with van der Waals surface area (Å²) in [6.07, 6.45) is 51.4. The van der Waals surface area contributed by atoms with Gasteiger partial charge in [-0.25, -0.2) is 0 Å². The fourth-order valence-electron chi connectivity index (χ4n) is 6.72. The molecule has 0 aromatic rings. The van der Waals surface area contributed by atoms with E-state index in [4.69, 9.17) is 0 Å². The molecule has 51 heavy (non-hydrogen) atoms. The van der Waals surface area contributed by atoms with Gasteiger partial charge < -0.3 is 20.6 Å². The SMILES string of the molecule is CCCCCCCCCCC/C=C\C/C=C\CCCCCCCC(O)CC(=O)NC(CO)C(O)/C=C/CCCCCCCCCCCCCCC. The van der Waals surface area contributed by atoms with Gasteiger partial charge >= 0.3 is 0 Å². The van der Waals surface area contributed by atoms with Crippen LogP contribution in [0.3, 0.4) is 0 Å². The Balaban J connectivity index is 3.69. The molecule has 3 unspecified atom stereocenters. The first kappa shape index (κ1) is 49.6. The van der Waals surface area contributed by atoms with Gasteiger partial charge in [0.25, 0.3) is 0 Å². The lowest BCUT2D eigenvalue weighted by Gasteiger charge is -2.21. The number of carbonyl (C=O) groups excluding carboxylic acids is 1. The first-order valence-electron chi connectivity index (χ1n) is 22.3. The maximum Gasteiger partial charge on any atom is 0.222 e. The molecule has 0 aliphatic carbocycles. The largest absolute Gasteiger partial charge is 0.394 e. The molecule has 1 amide bonds. The first-order valence-corrected chi connectivity index (χ1v) is 22.3. The highest BCUT2D eigenvalue weighted by Crippen LogP contribution is 2.15. The van der Waals surface area contributed by atoms with Crippen molar-refractivity contribution in [1.29, 1.82) is 0 Å². The Morgan fingerprint density at radius 1 is 0.510 bits per heavy atom. The van der Waals surface area contributed by atoms with Crippen molar-refractivity contribution in [1.82, 2.24) is 5.32 Å². The monoisotopic (exact) mass is 718 g/mol. The van der Waals surface area contributed by atoms with Gasteiger partial charge in [0.05, 0.1) is 31.3 Å². The van der Waals surface area contributed by atoms with Crippen molar-refractivity contribution in [2.75, 3.05) is 6.61 Å². The maximum atomic E-state index is 12.4. The van der Waals surface area contributed by atoms with Gasteiger partial charge in [-0.2, -0.15) is 0 Å². The van der Waals surface area contributed by atoms with Crippen molar-refractivity contribution in [3.8, 4) is 0 Å². The van der Waals surface area contributed by atoms with E-state index in [2.05, 4.69) is 43.5 Å². The molecule has 5 nitrogen and oxygen atoms in total. The lowest BCUT2D eigenvalue weighted by molar-refractivity contribution is -0.124. The van der Waals surface area contributed by atoms with Gasteiger partial charge in [0.15, 0.2) is 0 Å². The van der Waals surface area contributed by atoms with Gasteiger partial charge in [-0.1, -0.05) is 204 Å². The quantitative estimate of drug-likeness (QED) is 0.0375. The summed E-state index contributed by atoms with van der Waals surface area (Å²) < 4.78 is 0. The van der Waals surface area contributed by atoms with Gasteiger partial charge in [0.1, 0.15) is 0 Å². The van der Waals surface area contributed by atoms with E-state index in [0.29, 0.717) is 6.42 Å². The third-order valence-corrected chi connectivity index (χ3v) is 10.2. The molecule has 300 valence electrons. The van der Waals surface area contributed by atoms with E-state index >= 15 is 0 Å². The summed E-state index contributed by atoms with van der Waals surface area (Å²) in [5.41, 5.74) is 0. The Labute approximate surface area is 317 Å². The molecule has 0 aromatic carbocycles. The van der Waals surface area contributed by atoms with Crippen LogP contribution >= 0.6 is 0 Å². The van der Waals surface area contributed by atoms with Gasteiger partial charge in [0.2, 0.25) is 5.91 Å². The Kier molecular flexibility index (Phi) is 40.2. The average molecular weight is 718 g/mol. The Bertz CT molecular complexity index is 794. The van der Waals surface area contributed by atoms with E-state index in [0.717, 1.165) is 44.9 Å². The van der Waals surface area contributed by atoms with E-state index in [1.165, 1.54) is 154 Å². The number of amides is 1. The molecule has 0 fully saturated rings. The van der Waals surface area contributed by atoms with Crippen LogP contribution in [0.5, 0.6) is 0 Å². The third-order valence-electron chi connectivity index (χ3n) is 10.2. The molecule has 0 rings (SSSR count). The molecule has 0 aliphatic heterocycles. The Hall–Kier alpha value is -1.43. The smallest absolute Gasteiger partial charge is 0.222 e. The van der Waals surface area contributed by atoms with Crippen LogP contribution in [0.25, 0.3) is 0 Å². The molecule has 0 spiro atoms. The average Bonchev–Trinajstić information content (AvgIpc) is 3.12. The van der Waals surface area contributed by atoms with Gasteiger partial charge in [0, 0.05) is 0 Å². The number of unbranched alkanes of at least 4 members (excludes halogenated alkanes) is 27. The lowest BCUT2D eigenvalue weighted by Crippen LogP contribution is -2.45. The topological polar surface area (TPSA) is 89.8 Å². The van der Waals surface area contributed by atoms with Crippen LogP contribution in [0.4, 0.5) is 0 Å². The maximum absolute atomic E-state index is 12.4. The molecule has 0 radical (unpaired) electrons. The number of hydrogen-bond acceptors (Lipinski definition) is 4. The number of allylic oxidation sites excluding steroid dienone is 5. The number of aliphatic hydroxyl groups is 3. The standard InChI is InChI=1S/C46H87NO4/c1-3-5-7-9-11-13-15-17-19-20-21-22-23-24-26-27-29-31-33-35-37-39-43(49)41-46(51)47-44(42-48)45(50)40-38-36-34-32-30-28-25-18-16-14-12-10-8-6-4-2/h21-22,24,26,38,40,43-45,48-50H,3-20,23,25,27-37,39,41-42H2,1-2H3,(H,47,51)/b22-21-,26-24-,40-38+. The van der Waals surface area contributed by atoms with E-state index < -0.39 is 18.2 Å². The Morgan fingerprint density at radius 3 is 1.29 bits per heavy atom. The van der Waals surface area contributed by atoms with Crippen molar-refractivity contribution in [3.63, 3.8) is 0 Å². The molecule has 0 saturated heterocycles. The molecule has 0 bridgehead atoms. The molecule has 5 heteroatoms. The molecule has 0 aliphatic rings. The molecular formula is C46H87NO4. The summed E-state index contributed by atoms with van der Waals surface area (Å²) in [6, 6.07) is -0.748. The molecule has 0 saturated carbocycles. The minimum atomic E-state index is -0.932. The van der Waals surface area contributed by atoms with Crippen LogP contribution in [0.2, 0.25) is 0 Å².